The summed E-state index contributed by atoms with van der Waals surface area (Å²) < 4.78 is 53.6. The predicted molar refractivity (Wildman–Crippen MR) is 70.4 cm³/mol. The maximum absolute atomic E-state index is 14.0. The molecule has 0 atom stereocenters. The summed E-state index contributed by atoms with van der Waals surface area (Å²) >= 11 is 3.09. The zero-order valence-corrected chi connectivity index (χ0v) is 12.3. The Bertz CT molecular complexity index is 694. The number of halogens is 5. The van der Waals surface area contributed by atoms with Gasteiger partial charge in [-0.05, 0) is 35.0 Å². The topological polar surface area (TPSA) is 34.9 Å². The van der Waals surface area contributed by atoms with E-state index < -0.39 is 28.9 Å². The number of carbonyl (C=O) groups excluding carboxylic acids is 1. The molecule has 0 unspecified atom stereocenters. The molecule has 0 spiro atoms. The SMILES string of the molecule is CCn1ncc(Br)c1C(=O)c1cccc(C(F)(F)F)c1F. The fourth-order valence-corrected chi connectivity index (χ4v) is 2.36. The molecule has 0 aliphatic heterocycles. The predicted octanol–water partition coefficient (Wildman–Crippen LogP) is 4.05. The lowest BCUT2D eigenvalue weighted by atomic mass is 10.0. The lowest BCUT2D eigenvalue weighted by Gasteiger charge is -2.11. The van der Waals surface area contributed by atoms with E-state index in [9.17, 15) is 22.4 Å². The third kappa shape index (κ3) is 2.85. The van der Waals surface area contributed by atoms with Crippen molar-refractivity contribution in [3.63, 3.8) is 0 Å². The molecule has 0 N–H and O–H groups in total. The molecule has 112 valence electrons. The zero-order chi connectivity index (χ0) is 15.8. The van der Waals surface area contributed by atoms with Crippen LogP contribution >= 0.6 is 15.9 Å². The third-order valence-electron chi connectivity index (χ3n) is 2.86. The molecule has 1 aromatic carbocycles. The van der Waals surface area contributed by atoms with E-state index in [1.54, 1.807) is 6.92 Å². The van der Waals surface area contributed by atoms with Gasteiger partial charge < -0.3 is 0 Å². The monoisotopic (exact) mass is 364 g/mol. The maximum atomic E-state index is 14.0. The molecule has 0 fully saturated rings. The number of aromatic nitrogens is 2. The van der Waals surface area contributed by atoms with E-state index in [0.717, 1.165) is 12.1 Å². The van der Waals surface area contributed by atoms with Crippen LogP contribution in [0.5, 0.6) is 0 Å². The first-order chi connectivity index (χ1) is 9.77. The number of hydrogen-bond donors (Lipinski definition) is 0. The summed E-state index contributed by atoms with van der Waals surface area (Å²) in [6.07, 6.45) is -3.52. The molecular formula is C13H9BrF4N2O. The van der Waals surface area contributed by atoms with Crippen LogP contribution in [-0.4, -0.2) is 15.6 Å². The summed E-state index contributed by atoms with van der Waals surface area (Å²) in [5, 5.41) is 3.89. The molecule has 21 heavy (non-hydrogen) atoms. The highest BCUT2D eigenvalue weighted by atomic mass is 79.9. The molecule has 3 nitrogen and oxygen atoms in total. The van der Waals surface area contributed by atoms with Gasteiger partial charge in [-0.25, -0.2) is 4.39 Å². The van der Waals surface area contributed by atoms with Crippen LogP contribution in [0.15, 0.2) is 28.9 Å². The Morgan fingerprint density at radius 1 is 1.38 bits per heavy atom. The van der Waals surface area contributed by atoms with Crippen molar-refractivity contribution in [2.45, 2.75) is 19.6 Å². The highest BCUT2D eigenvalue weighted by molar-refractivity contribution is 9.10. The first-order valence-electron chi connectivity index (χ1n) is 5.89. The van der Waals surface area contributed by atoms with Crippen LogP contribution in [0.3, 0.4) is 0 Å². The minimum absolute atomic E-state index is 0.00993. The summed E-state index contributed by atoms with van der Waals surface area (Å²) in [4.78, 5) is 12.3. The van der Waals surface area contributed by atoms with Crippen molar-refractivity contribution >= 4 is 21.7 Å². The third-order valence-corrected chi connectivity index (χ3v) is 3.44. The Kier molecular flexibility index (Phi) is 4.18. The number of alkyl halides is 3. The number of rotatable bonds is 3. The van der Waals surface area contributed by atoms with Crippen molar-refractivity contribution in [2.24, 2.45) is 0 Å². The van der Waals surface area contributed by atoms with E-state index in [-0.39, 0.29) is 5.69 Å². The van der Waals surface area contributed by atoms with Crippen LogP contribution in [0.2, 0.25) is 0 Å². The molecule has 1 aromatic heterocycles. The molecule has 2 aromatic rings. The summed E-state index contributed by atoms with van der Waals surface area (Å²) in [5.41, 5.74) is -2.09. The summed E-state index contributed by atoms with van der Waals surface area (Å²) in [6, 6.07) is 2.62. The van der Waals surface area contributed by atoms with Gasteiger partial charge >= 0.3 is 6.18 Å². The first kappa shape index (κ1) is 15.7. The van der Waals surface area contributed by atoms with E-state index >= 15 is 0 Å². The Morgan fingerprint density at radius 3 is 2.62 bits per heavy atom. The molecule has 0 bridgehead atoms. The number of nitrogens with zero attached hydrogens (tertiary/aromatic N) is 2. The number of hydrogen-bond acceptors (Lipinski definition) is 2. The van der Waals surface area contributed by atoms with Gasteiger partial charge in [0.25, 0.3) is 0 Å². The summed E-state index contributed by atoms with van der Waals surface area (Å²) in [5.74, 6) is -2.43. The van der Waals surface area contributed by atoms with Gasteiger partial charge in [0.15, 0.2) is 0 Å². The number of carbonyl (C=O) groups is 1. The molecule has 0 radical (unpaired) electrons. The Hall–Kier alpha value is -1.70. The van der Waals surface area contributed by atoms with Gasteiger partial charge in [0.1, 0.15) is 11.5 Å². The van der Waals surface area contributed by atoms with Crippen molar-refractivity contribution < 1.29 is 22.4 Å². The molecule has 8 heteroatoms. The smallest absolute Gasteiger partial charge is 0.287 e. The molecule has 0 amide bonds. The lowest BCUT2D eigenvalue weighted by molar-refractivity contribution is -0.140. The van der Waals surface area contributed by atoms with E-state index in [1.807, 2.05) is 0 Å². The quantitative estimate of drug-likeness (QED) is 0.608. The fourth-order valence-electron chi connectivity index (χ4n) is 1.88. The molecule has 0 aliphatic rings. The molecule has 1 heterocycles. The standard InChI is InChI=1S/C13H9BrF4N2O/c1-2-20-11(9(14)6-19-20)12(21)7-4-3-5-8(10(7)15)13(16,17)18/h3-6H,2H2,1H3. The average molecular weight is 365 g/mol. The largest absolute Gasteiger partial charge is 0.419 e. The van der Waals surface area contributed by atoms with E-state index in [2.05, 4.69) is 21.0 Å². The van der Waals surface area contributed by atoms with Crippen molar-refractivity contribution in [1.29, 1.82) is 0 Å². The van der Waals surface area contributed by atoms with Gasteiger partial charge in [-0.15, -0.1) is 0 Å². The summed E-state index contributed by atoms with van der Waals surface area (Å²) in [6.45, 7) is 2.03. The Labute approximate surface area is 125 Å². The second kappa shape index (κ2) is 5.59. The molecule has 0 aliphatic carbocycles. The van der Waals surface area contributed by atoms with Crippen LogP contribution in [0, 0.1) is 5.82 Å². The van der Waals surface area contributed by atoms with E-state index in [1.165, 1.54) is 10.9 Å². The highest BCUT2D eigenvalue weighted by Gasteiger charge is 2.36. The second-order valence-electron chi connectivity index (χ2n) is 4.15. The fraction of sp³-hybridized carbons (Fsp3) is 0.231. The average Bonchev–Trinajstić information content (AvgIpc) is 2.78. The first-order valence-corrected chi connectivity index (χ1v) is 6.68. The van der Waals surface area contributed by atoms with Crippen molar-refractivity contribution in [1.82, 2.24) is 9.78 Å². The zero-order valence-electron chi connectivity index (χ0n) is 10.7. The molecule has 0 saturated heterocycles. The molecule has 0 saturated carbocycles. The highest BCUT2D eigenvalue weighted by Crippen LogP contribution is 2.33. The van der Waals surface area contributed by atoms with Gasteiger partial charge in [0.05, 0.1) is 21.8 Å². The van der Waals surface area contributed by atoms with Gasteiger partial charge in [-0.2, -0.15) is 18.3 Å². The van der Waals surface area contributed by atoms with Crippen LogP contribution in [0.4, 0.5) is 17.6 Å². The number of benzene rings is 1. The van der Waals surface area contributed by atoms with Crippen molar-refractivity contribution in [2.75, 3.05) is 0 Å². The minimum Gasteiger partial charge on any atom is -0.287 e. The van der Waals surface area contributed by atoms with E-state index in [0.29, 0.717) is 17.1 Å². The number of ketones is 1. The number of aryl methyl sites for hydroxylation is 1. The molecular weight excluding hydrogens is 356 g/mol. The second-order valence-corrected chi connectivity index (χ2v) is 5.01. The Balaban J connectivity index is 2.57. The summed E-state index contributed by atoms with van der Waals surface area (Å²) in [7, 11) is 0. The van der Waals surface area contributed by atoms with Crippen LogP contribution in [-0.2, 0) is 12.7 Å². The van der Waals surface area contributed by atoms with Gasteiger partial charge in [0.2, 0.25) is 5.78 Å². The molecule has 2 rings (SSSR count). The van der Waals surface area contributed by atoms with Crippen LogP contribution < -0.4 is 0 Å². The normalized spacial score (nSPS) is 11.7. The van der Waals surface area contributed by atoms with Crippen LogP contribution in [0.25, 0.3) is 0 Å². The van der Waals surface area contributed by atoms with Gasteiger partial charge in [0, 0.05) is 6.54 Å². The van der Waals surface area contributed by atoms with E-state index in [4.69, 9.17) is 0 Å². The van der Waals surface area contributed by atoms with Crippen LogP contribution in [0.1, 0.15) is 28.5 Å². The lowest BCUT2D eigenvalue weighted by Crippen LogP contribution is -2.16. The van der Waals surface area contributed by atoms with Gasteiger partial charge in [-0.1, -0.05) is 6.07 Å². The minimum atomic E-state index is -4.86. The van der Waals surface area contributed by atoms with Gasteiger partial charge in [-0.3, -0.25) is 9.48 Å². The van der Waals surface area contributed by atoms with Crippen molar-refractivity contribution in [3.05, 3.63) is 51.5 Å². The van der Waals surface area contributed by atoms with Crippen molar-refractivity contribution in [3.8, 4) is 0 Å². The Morgan fingerprint density at radius 2 is 2.05 bits per heavy atom. The maximum Gasteiger partial charge on any atom is 0.419 e.